The number of hydrogen-bond acceptors (Lipinski definition) is 0. The molecule has 2 aromatic rings. The fraction of sp³-hybridized carbons (Fsp3) is 0.333. The Labute approximate surface area is 89.1 Å². The lowest BCUT2D eigenvalue weighted by Crippen LogP contribution is -1.93. The average Bonchev–Trinajstić information content (AvgIpc) is 2.58. The Morgan fingerprint density at radius 3 is 2.93 bits per heavy atom. The second kappa shape index (κ2) is 4.05. The molecule has 0 amide bonds. The van der Waals surface area contributed by atoms with E-state index in [4.69, 9.17) is 11.6 Å². The molecule has 0 spiro atoms. The Morgan fingerprint density at radius 2 is 2.14 bits per heavy atom. The first-order valence-corrected chi connectivity index (χ1v) is 5.40. The molecule has 2 rings (SSSR count). The molecule has 1 unspecified atom stereocenters. The van der Waals surface area contributed by atoms with E-state index >= 15 is 0 Å². The summed E-state index contributed by atoms with van der Waals surface area (Å²) in [6, 6.07) is 8.37. The largest absolute Gasteiger partial charge is 0.361 e. The van der Waals surface area contributed by atoms with E-state index in [0.717, 1.165) is 12.8 Å². The van der Waals surface area contributed by atoms with Crippen molar-refractivity contribution in [3.8, 4) is 0 Å². The first-order chi connectivity index (χ1) is 6.77. The number of halogens is 1. The Morgan fingerprint density at radius 1 is 1.36 bits per heavy atom. The van der Waals surface area contributed by atoms with Crippen molar-refractivity contribution >= 4 is 22.5 Å². The van der Waals surface area contributed by atoms with Crippen LogP contribution in [0.5, 0.6) is 0 Å². The summed E-state index contributed by atoms with van der Waals surface area (Å²) in [7, 11) is 0. The molecule has 1 atom stereocenters. The molecule has 1 nitrogen and oxygen atoms in total. The minimum atomic E-state index is 0.253. The van der Waals surface area contributed by atoms with Crippen molar-refractivity contribution in [2.75, 3.05) is 0 Å². The van der Waals surface area contributed by atoms with Crippen molar-refractivity contribution in [3.63, 3.8) is 0 Å². The second-order valence-electron chi connectivity index (χ2n) is 3.68. The Balaban J connectivity index is 2.25. The standard InChI is InChI=1S/C12H14ClN/c1-9(13)6-7-10-8-14-12-5-3-2-4-11(10)12/h2-5,8-9,14H,6-7H2,1H3. The maximum atomic E-state index is 5.94. The summed E-state index contributed by atoms with van der Waals surface area (Å²) in [6.45, 7) is 2.04. The zero-order valence-corrected chi connectivity index (χ0v) is 9.01. The maximum absolute atomic E-state index is 5.94. The van der Waals surface area contributed by atoms with Gasteiger partial charge in [-0.05, 0) is 31.4 Å². The van der Waals surface area contributed by atoms with E-state index in [9.17, 15) is 0 Å². The van der Waals surface area contributed by atoms with E-state index in [0.29, 0.717) is 0 Å². The van der Waals surface area contributed by atoms with Crippen LogP contribution in [-0.2, 0) is 6.42 Å². The summed E-state index contributed by atoms with van der Waals surface area (Å²) >= 11 is 5.94. The summed E-state index contributed by atoms with van der Waals surface area (Å²) in [4.78, 5) is 3.27. The first-order valence-electron chi connectivity index (χ1n) is 4.96. The quantitative estimate of drug-likeness (QED) is 0.739. The summed E-state index contributed by atoms with van der Waals surface area (Å²) in [5.41, 5.74) is 2.58. The number of alkyl halides is 1. The van der Waals surface area contributed by atoms with Gasteiger partial charge in [0.25, 0.3) is 0 Å². The molecule has 0 aliphatic heterocycles. The Kier molecular flexibility index (Phi) is 2.78. The third-order valence-corrected chi connectivity index (χ3v) is 2.70. The summed E-state index contributed by atoms with van der Waals surface area (Å²) in [5.74, 6) is 0. The predicted octanol–water partition coefficient (Wildman–Crippen LogP) is 3.73. The number of aromatic nitrogens is 1. The molecule has 0 aliphatic carbocycles. The highest BCUT2D eigenvalue weighted by Crippen LogP contribution is 2.20. The number of H-pyrrole nitrogens is 1. The molecule has 0 bridgehead atoms. The smallest absolute Gasteiger partial charge is 0.0456 e. The number of hydrogen-bond donors (Lipinski definition) is 1. The van der Waals surface area contributed by atoms with E-state index in [1.807, 2.05) is 13.0 Å². The highest BCUT2D eigenvalue weighted by molar-refractivity contribution is 6.20. The molecule has 1 heterocycles. The molecule has 2 heteroatoms. The van der Waals surface area contributed by atoms with Gasteiger partial charge in [0.15, 0.2) is 0 Å². The third-order valence-electron chi connectivity index (χ3n) is 2.49. The minimum Gasteiger partial charge on any atom is -0.361 e. The summed E-state index contributed by atoms with van der Waals surface area (Å²) in [5, 5.41) is 1.58. The van der Waals surface area contributed by atoms with Gasteiger partial charge in [-0.15, -0.1) is 11.6 Å². The number of aryl methyl sites for hydroxylation is 1. The van der Waals surface area contributed by atoms with E-state index < -0.39 is 0 Å². The average molecular weight is 208 g/mol. The van der Waals surface area contributed by atoms with Gasteiger partial charge in [-0.1, -0.05) is 18.2 Å². The number of benzene rings is 1. The molecule has 0 aliphatic rings. The van der Waals surface area contributed by atoms with Gasteiger partial charge in [0.2, 0.25) is 0 Å². The molecule has 0 saturated carbocycles. The van der Waals surface area contributed by atoms with Gasteiger partial charge in [0.1, 0.15) is 0 Å². The third kappa shape index (κ3) is 1.93. The molecule has 74 valence electrons. The van der Waals surface area contributed by atoms with Gasteiger partial charge in [-0.2, -0.15) is 0 Å². The molecule has 1 aromatic carbocycles. The molecule has 0 saturated heterocycles. The molecule has 1 aromatic heterocycles. The highest BCUT2D eigenvalue weighted by Gasteiger charge is 2.03. The maximum Gasteiger partial charge on any atom is 0.0456 e. The number of para-hydroxylation sites is 1. The van der Waals surface area contributed by atoms with Crippen molar-refractivity contribution in [2.45, 2.75) is 25.1 Å². The minimum absolute atomic E-state index is 0.253. The number of rotatable bonds is 3. The molecule has 1 N–H and O–H groups in total. The van der Waals surface area contributed by atoms with Crippen molar-refractivity contribution in [2.24, 2.45) is 0 Å². The van der Waals surface area contributed by atoms with Gasteiger partial charge in [0, 0.05) is 22.5 Å². The van der Waals surface area contributed by atoms with Crippen LogP contribution in [0.4, 0.5) is 0 Å². The van der Waals surface area contributed by atoms with Gasteiger partial charge in [0.05, 0.1) is 0 Å². The Bertz CT molecular complexity index is 417. The fourth-order valence-electron chi connectivity index (χ4n) is 1.69. The van der Waals surface area contributed by atoms with E-state index in [-0.39, 0.29) is 5.38 Å². The van der Waals surface area contributed by atoms with Crippen molar-refractivity contribution < 1.29 is 0 Å². The topological polar surface area (TPSA) is 15.8 Å². The zero-order valence-electron chi connectivity index (χ0n) is 8.26. The lowest BCUT2D eigenvalue weighted by molar-refractivity contribution is 0.807. The van der Waals surface area contributed by atoms with Crippen LogP contribution in [0.25, 0.3) is 10.9 Å². The van der Waals surface area contributed by atoms with Crippen LogP contribution < -0.4 is 0 Å². The van der Waals surface area contributed by atoms with Crippen molar-refractivity contribution in [1.29, 1.82) is 0 Å². The van der Waals surface area contributed by atoms with Crippen LogP contribution in [0, 0.1) is 0 Å². The van der Waals surface area contributed by atoms with Crippen molar-refractivity contribution in [1.82, 2.24) is 4.98 Å². The van der Waals surface area contributed by atoms with Crippen molar-refractivity contribution in [3.05, 3.63) is 36.0 Å². The van der Waals surface area contributed by atoms with E-state index in [1.165, 1.54) is 16.5 Å². The van der Waals surface area contributed by atoms with Crippen LogP contribution in [-0.4, -0.2) is 10.4 Å². The van der Waals surface area contributed by atoms with Crippen LogP contribution in [0.2, 0.25) is 0 Å². The monoisotopic (exact) mass is 207 g/mol. The Hall–Kier alpha value is -0.950. The van der Waals surface area contributed by atoms with Crippen LogP contribution in [0.3, 0.4) is 0 Å². The van der Waals surface area contributed by atoms with Crippen LogP contribution in [0.1, 0.15) is 18.9 Å². The van der Waals surface area contributed by atoms with Crippen LogP contribution >= 0.6 is 11.6 Å². The molecule has 0 radical (unpaired) electrons. The second-order valence-corrected chi connectivity index (χ2v) is 4.42. The van der Waals surface area contributed by atoms with Gasteiger partial charge < -0.3 is 4.98 Å². The normalized spacial score (nSPS) is 13.3. The summed E-state index contributed by atoms with van der Waals surface area (Å²) in [6.07, 6.45) is 4.17. The first kappa shape index (κ1) is 9.60. The predicted molar refractivity (Wildman–Crippen MR) is 61.9 cm³/mol. The number of aromatic amines is 1. The number of fused-ring (bicyclic) bond motifs is 1. The lowest BCUT2D eigenvalue weighted by Gasteiger charge is -2.01. The zero-order chi connectivity index (χ0) is 9.97. The van der Waals surface area contributed by atoms with E-state index in [1.54, 1.807) is 0 Å². The molecular formula is C12H14ClN. The molecule has 14 heavy (non-hydrogen) atoms. The van der Waals surface area contributed by atoms with Gasteiger partial charge in [-0.3, -0.25) is 0 Å². The highest BCUT2D eigenvalue weighted by atomic mass is 35.5. The van der Waals surface area contributed by atoms with Gasteiger partial charge >= 0.3 is 0 Å². The van der Waals surface area contributed by atoms with Crippen LogP contribution in [0.15, 0.2) is 30.5 Å². The fourth-order valence-corrected chi connectivity index (χ4v) is 1.80. The SMILES string of the molecule is CC(Cl)CCc1c[nH]c2ccccc12. The lowest BCUT2D eigenvalue weighted by atomic mass is 10.1. The summed E-state index contributed by atoms with van der Waals surface area (Å²) < 4.78 is 0. The van der Waals surface area contributed by atoms with Gasteiger partial charge in [-0.25, -0.2) is 0 Å². The molecule has 0 fully saturated rings. The number of nitrogens with one attached hydrogen (secondary N) is 1. The molecular weight excluding hydrogens is 194 g/mol. The van der Waals surface area contributed by atoms with E-state index in [2.05, 4.69) is 29.4 Å².